The normalized spacial score (nSPS) is 16.9. The van der Waals surface area contributed by atoms with Crippen LogP contribution in [0.4, 0.5) is 0 Å². The molecule has 2 rings (SSSR count). The lowest BCUT2D eigenvalue weighted by atomic mass is 10.0. The van der Waals surface area contributed by atoms with Gasteiger partial charge in [0.2, 0.25) is 0 Å². The predicted molar refractivity (Wildman–Crippen MR) is 85.3 cm³/mol. The van der Waals surface area contributed by atoms with E-state index < -0.39 is 0 Å². The predicted octanol–water partition coefficient (Wildman–Crippen LogP) is 3.88. The molecule has 1 aliphatic carbocycles. The van der Waals surface area contributed by atoms with Crippen LogP contribution in [0.5, 0.6) is 0 Å². The second kappa shape index (κ2) is 6.87. The van der Waals surface area contributed by atoms with Crippen molar-refractivity contribution in [2.45, 2.75) is 39.2 Å². The third-order valence-electron chi connectivity index (χ3n) is 3.93. The second-order valence-electron chi connectivity index (χ2n) is 5.70. The summed E-state index contributed by atoms with van der Waals surface area (Å²) < 4.78 is 1.18. The van der Waals surface area contributed by atoms with Gasteiger partial charge in [0.15, 0.2) is 0 Å². The van der Waals surface area contributed by atoms with Crippen molar-refractivity contribution < 1.29 is 0 Å². The van der Waals surface area contributed by atoms with E-state index in [1.165, 1.54) is 41.4 Å². The molecule has 0 spiro atoms. The summed E-state index contributed by atoms with van der Waals surface area (Å²) in [6, 6.07) is 7.00. The summed E-state index contributed by atoms with van der Waals surface area (Å²) in [5.74, 6) is 0.914. The maximum Gasteiger partial charge on any atom is 0.0470 e. The van der Waals surface area contributed by atoms with E-state index in [1.54, 1.807) is 0 Å². The number of hydrogen-bond donors (Lipinski definition) is 1. The largest absolute Gasteiger partial charge is 0.329 e. The lowest BCUT2D eigenvalue weighted by Crippen LogP contribution is -2.36. The highest BCUT2D eigenvalue weighted by Gasteiger charge is 2.28. The van der Waals surface area contributed by atoms with Crippen LogP contribution < -0.4 is 5.73 Å². The monoisotopic (exact) mass is 324 g/mol. The zero-order valence-corrected chi connectivity index (χ0v) is 13.6. The average molecular weight is 325 g/mol. The van der Waals surface area contributed by atoms with Crippen LogP contribution in [0.15, 0.2) is 22.7 Å². The van der Waals surface area contributed by atoms with E-state index in [0.717, 1.165) is 12.5 Å². The number of rotatable bonds is 7. The fraction of sp³-hybridized carbons (Fsp3) is 0.625. The molecule has 0 aromatic heterocycles. The molecule has 1 fully saturated rings. The van der Waals surface area contributed by atoms with Gasteiger partial charge in [0.05, 0.1) is 0 Å². The van der Waals surface area contributed by atoms with Crippen LogP contribution in [-0.4, -0.2) is 24.5 Å². The molecule has 1 aromatic rings. The lowest BCUT2D eigenvalue weighted by molar-refractivity contribution is 0.193. The Morgan fingerprint density at radius 1 is 1.42 bits per heavy atom. The van der Waals surface area contributed by atoms with E-state index in [-0.39, 0.29) is 0 Å². The Morgan fingerprint density at radius 3 is 2.68 bits per heavy atom. The van der Waals surface area contributed by atoms with Crippen molar-refractivity contribution in [1.82, 2.24) is 4.90 Å². The molecule has 0 heterocycles. The maximum absolute atomic E-state index is 6.07. The zero-order valence-electron chi connectivity index (χ0n) is 12.0. The van der Waals surface area contributed by atoms with Crippen molar-refractivity contribution in [3.8, 4) is 0 Å². The van der Waals surface area contributed by atoms with Crippen molar-refractivity contribution in [3.63, 3.8) is 0 Å². The molecule has 1 aliphatic rings. The van der Waals surface area contributed by atoms with Crippen LogP contribution in [0, 0.1) is 12.8 Å². The number of aryl methyl sites for hydroxylation is 1. The first kappa shape index (κ1) is 15.0. The first-order valence-corrected chi connectivity index (χ1v) is 8.15. The molecule has 0 bridgehead atoms. The summed E-state index contributed by atoms with van der Waals surface area (Å²) in [5, 5.41) is 0. The smallest absolute Gasteiger partial charge is 0.0470 e. The van der Waals surface area contributed by atoms with Crippen molar-refractivity contribution in [2.24, 2.45) is 11.7 Å². The topological polar surface area (TPSA) is 29.3 Å². The van der Waals surface area contributed by atoms with Gasteiger partial charge in [-0.15, -0.1) is 0 Å². The van der Waals surface area contributed by atoms with Crippen LogP contribution in [0.1, 0.15) is 43.4 Å². The Labute approximate surface area is 125 Å². The molecular formula is C16H25BrN2. The molecule has 19 heavy (non-hydrogen) atoms. The highest BCUT2D eigenvalue weighted by atomic mass is 79.9. The minimum atomic E-state index is 0.368. The molecule has 3 heteroatoms. The molecule has 0 amide bonds. The highest BCUT2D eigenvalue weighted by molar-refractivity contribution is 9.10. The number of hydrogen-bond acceptors (Lipinski definition) is 2. The van der Waals surface area contributed by atoms with Crippen LogP contribution in [-0.2, 0) is 0 Å². The number of benzene rings is 1. The van der Waals surface area contributed by atoms with Crippen molar-refractivity contribution in [2.75, 3.05) is 19.6 Å². The lowest BCUT2D eigenvalue weighted by Gasteiger charge is -2.31. The van der Waals surface area contributed by atoms with Crippen molar-refractivity contribution in [3.05, 3.63) is 33.8 Å². The number of nitrogens with two attached hydrogens (primary N) is 1. The minimum absolute atomic E-state index is 0.368. The molecular weight excluding hydrogens is 300 g/mol. The van der Waals surface area contributed by atoms with Gasteiger partial charge in [-0.1, -0.05) is 35.0 Å². The molecule has 0 saturated heterocycles. The molecule has 2 N–H and O–H groups in total. The average Bonchev–Trinajstić information content (AvgIpc) is 3.19. The van der Waals surface area contributed by atoms with Crippen LogP contribution in [0.3, 0.4) is 0 Å². The molecule has 1 saturated carbocycles. The summed E-state index contributed by atoms with van der Waals surface area (Å²) in [5.41, 5.74) is 8.72. The third kappa shape index (κ3) is 4.04. The highest BCUT2D eigenvalue weighted by Crippen LogP contribution is 2.33. The third-order valence-corrected chi connectivity index (χ3v) is 4.82. The first-order valence-electron chi connectivity index (χ1n) is 7.35. The van der Waals surface area contributed by atoms with E-state index in [9.17, 15) is 0 Å². The van der Waals surface area contributed by atoms with Gasteiger partial charge in [-0.3, -0.25) is 4.90 Å². The van der Waals surface area contributed by atoms with Crippen molar-refractivity contribution >= 4 is 15.9 Å². The summed E-state index contributed by atoms with van der Waals surface area (Å²) in [6.45, 7) is 7.46. The second-order valence-corrected chi connectivity index (χ2v) is 6.55. The standard InChI is InChI=1S/C16H25BrN2/c1-3-8-19(11-13-4-5-13)16(10-18)14-6-7-15(17)12(2)9-14/h6-7,9,13,16H,3-5,8,10-11,18H2,1-2H3. The fourth-order valence-corrected chi connectivity index (χ4v) is 2.91. The van der Waals surface area contributed by atoms with Crippen molar-refractivity contribution in [1.29, 1.82) is 0 Å². The molecule has 0 aliphatic heterocycles. The number of nitrogens with zero attached hydrogens (tertiary/aromatic N) is 1. The van der Waals surface area contributed by atoms with Gasteiger partial charge in [-0.2, -0.15) is 0 Å². The van der Waals surface area contributed by atoms with Crippen LogP contribution in [0.25, 0.3) is 0 Å². The van der Waals surface area contributed by atoms with Crippen LogP contribution in [0.2, 0.25) is 0 Å². The van der Waals surface area contributed by atoms with E-state index in [2.05, 4.69) is 52.9 Å². The van der Waals surface area contributed by atoms with Crippen LogP contribution >= 0.6 is 15.9 Å². The summed E-state index contributed by atoms with van der Waals surface area (Å²) in [6.07, 6.45) is 3.99. The van der Waals surface area contributed by atoms with Gasteiger partial charge >= 0.3 is 0 Å². The Morgan fingerprint density at radius 2 is 2.16 bits per heavy atom. The fourth-order valence-electron chi connectivity index (χ4n) is 2.66. The van der Waals surface area contributed by atoms with E-state index in [0.29, 0.717) is 12.6 Å². The molecule has 2 nitrogen and oxygen atoms in total. The summed E-state index contributed by atoms with van der Waals surface area (Å²) in [7, 11) is 0. The van der Waals surface area contributed by atoms with Gasteiger partial charge in [0.25, 0.3) is 0 Å². The molecule has 1 aromatic carbocycles. The molecule has 0 radical (unpaired) electrons. The molecule has 106 valence electrons. The van der Waals surface area contributed by atoms with Gasteiger partial charge in [-0.05, 0) is 55.8 Å². The first-order chi connectivity index (χ1) is 9.15. The van der Waals surface area contributed by atoms with E-state index in [1.807, 2.05) is 0 Å². The molecule has 1 unspecified atom stereocenters. The van der Waals surface area contributed by atoms with E-state index >= 15 is 0 Å². The van der Waals surface area contributed by atoms with Gasteiger partial charge in [-0.25, -0.2) is 0 Å². The Kier molecular flexibility index (Phi) is 5.43. The molecule has 1 atom stereocenters. The summed E-state index contributed by atoms with van der Waals surface area (Å²) >= 11 is 3.57. The minimum Gasteiger partial charge on any atom is -0.329 e. The Hall–Kier alpha value is -0.380. The van der Waals surface area contributed by atoms with Gasteiger partial charge in [0.1, 0.15) is 0 Å². The Bertz CT molecular complexity index is 415. The zero-order chi connectivity index (χ0) is 13.8. The van der Waals surface area contributed by atoms with Gasteiger partial charge in [0, 0.05) is 23.6 Å². The van der Waals surface area contributed by atoms with E-state index in [4.69, 9.17) is 5.73 Å². The van der Waals surface area contributed by atoms with Gasteiger partial charge < -0.3 is 5.73 Å². The SMILES string of the molecule is CCCN(CC1CC1)C(CN)c1ccc(Br)c(C)c1. The quantitative estimate of drug-likeness (QED) is 0.824. The Balaban J connectivity index is 2.16. The summed E-state index contributed by atoms with van der Waals surface area (Å²) in [4.78, 5) is 2.58. The number of halogens is 1. The maximum atomic E-state index is 6.07.